The summed E-state index contributed by atoms with van der Waals surface area (Å²) in [7, 11) is 0. The van der Waals surface area contributed by atoms with Crippen molar-refractivity contribution >= 4 is 12.2 Å². The Labute approximate surface area is 134 Å². The van der Waals surface area contributed by atoms with E-state index in [1.54, 1.807) is 9.80 Å². The number of ether oxygens (including phenoxy) is 2. The number of amides is 2. The fraction of sp³-hybridized carbons (Fsp3) is 0.500. The number of benzene rings is 1. The van der Waals surface area contributed by atoms with Crippen LogP contribution in [0.25, 0.3) is 0 Å². The van der Waals surface area contributed by atoms with Crippen molar-refractivity contribution in [3.63, 3.8) is 0 Å². The van der Waals surface area contributed by atoms with Crippen molar-refractivity contribution in [2.75, 3.05) is 19.6 Å². The zero-order valence-electron chi connectivity index (χ0n) is 13.1. The van der Waals surface area contributed by atoms with Gasteiger partial charge in [-0.1, -0.05) is 24.3 Å². The Morgan fingerprint density at radius 2 is 1.52 bits per heavy atom. The average Bonchev–Trinajstić information content (AvgIpc) is 3.03. The fourth-order valence-corrected chi connectivity index (χ4v) is 2.82. The summed E-state index contributed by atoms with van der Waals surface area (Å²) in [6.45, 7) is 4.38. The summed E-state index contributed by atoms with van der Waals surface area (Å²) in [5.41, 5.74) is 7.57. The number of cyclic esters (lactones) is 2. The molecule has 2 unspecified atom stereocenters. The SMILES string of the molecule is CC1CN(Cc2ccc(CN3CC(CN)OC3=O)cc2)C(=O)O1. The van der Waals surface area contributed by atoms with Gasteiger partial charge in [0, 0.05) is 19.6 Å². The van der Waals surface area contributed by atoms with Crippen molar-refractivity contribution in [1.29, 1.82) is 0 Å². The van der Waals surface area contributed by atoms with E-state index in [1.165, 1.54) is 0 Å². The molecule has 2 atom stereocenters. The minimum atomic E-state index is -0.321. The molecule has 3 rings (SSSR count). The molecule has 23 heavy (non-hydrogen) atoms. The van der Waals surface area contributed by atoms with Crippen LogP contribution in [0.3, 0.4) is 0 Å². The third-order valence-electron chi connectivity index (χ3n) is 4.02. The monoisotopic (exact) mass is 319 g/mol. The Hall–Kier alpha value is -2.28. The molecule has 0 radical (unpaired) electrons. The molecule has 2 fully saturated rings. The van der Waals surface area contributed by atoms with Crippen molar-refractivity contribution in [2.24, 2.45) is 5.73 Å². The second-order valence-electron chi connectivity index (χ2n) is 6.01. The molecular formula is C16H21N3O4. The first kappa shape index (κ1) is 15.6. The number of rotatable bonds is 5. The van der Waals surface area contributed by atoms with Gasteiger partial charge >= 0.3 is 12.2 Å². The highest BCUT2D eigenvalue weighted by Crippen LogP contribution is 2.17. The van der Waals surface area contributed by atoms with Gasteiger partial charge in [0.2, 0.25) is 0 Å². The quantitative estimate of drug-likeness (QED) is 0.884. The Balaban J connectivity index is 1.57. The van der Waals surface area contributed by atoms with Gasteiger partial charge in [-0.25, -0.2) is 9.59 Å². The van der Waals surface area contributed by atoms with Crippen LogP contribution >= 0.6 is 0 Å². The molecule has 2 N–H and O–H groups in total. The topological polar surface area (TPSA) is 85.1 Å². The lowest BCUT2D eigenvalue weighted by molar-refractivity contribution is 0.134. The van der Waals surface area contributed by atoms with Gasteiger partial charge in [0.1, 0.15) is 12.2 Å². The van der Waals surface area contributed by atoms with Crippen LogP contribution in [0.4, 0.5) is 9.59 Å². The highest BCUT2D eigenvalue weighted by atomic mass is 16.6. The largest absolute Gasteiger partial charge is 0.444 e. The summed E-state index contributed by atoms with van der Waals surface area (Å²) in [5, 5.41) is 0. The van der Waals surface area contributed by atoms with E-state index in [-0.39, 0.29) is 24.4 Å². The standard InChI is InChI=1S/C16H21N3O4/c1-11-7-18(15(20)22-11)8-12-2-4-13(5-3-12)9-19-10-14(6-17)23-16(19)21/h2-5,11,14H,6-10,17H2,1H3. The molecule has 0 aliphatic carbocycles. The maximum atomic E-state index is 11.7. The molecule has 0 bridgehead atoms. The number of carbonyl (C=O) groups excluding carboxylic acids is 2. The number of carbonyl (C=O) groups is 2. The first-order valence-corrected chi connectivity index (χ1v) is 7.74. The van der Waals surface area contributed by atoms with E-state index in [0.29, 0.717) is 32.7 Å². The number of hydrogen-bond acceptors (Lipinski definition) is 5. The minimum absolute atomic E-state index is 0.0570. The van der Waals surface area contributed by atoms with E-state index < -0.39 is 0 Å². The van der Waals surface area contributed by atoms with Crippen LogP contribution < -0.4 is 5.73 Å². The van der Waals surface area contributed by atoms with Crippen LogP contribution in [0, 0.1) is 0 Å². The highest BCUT2D eigenvalue weighted by Gasteiger charge is 2.30. The Morgan fingerprint density at radius 1 is 1.00 bits per heavy atom. The maximum Gasteiger partial charge on any atom is 0.410 e. The summed E-state index contributed by atoms with van der Waals surface area (Å²) >= 11 is 0. The first-order chi connectivity index (χ1) is 11.0. The minimum Gasteiger partial charge on any atom is -0.444 e. The van der Waals surface area contributed by atoms with Gasteiger partial charge in [0.15, 0.2) is 0 Å². The van der Waals surface area contributed by atoms with Gasteiger partial charge in [-0.15, -0.1) is 0 Å². The smallest absolute Gasteiger partial charge is 0.410 e. The molecule has 0 saturated carbocycles. The second kappa shape index (κ2) is 6.45. The Kier molecular flexibility index (Phi) is 4.38. The van der Waals surface area contributed by atoms with Crippen LogP contribution in [0.15, 0.2) is 24.3 Å². The van der Waals surface area contributed by atoms with E-state index >= 15 is 0 Å². The maximum absolute atomic E-state index is 11.7. The predicted octanol–water partition coefficient (Wildman–Crippen LogP) is 1.31. The van der Waals surface area contributed by atoms with Crippen LogP contribution in [-0.2, 0) is 22.6 Å². The third-order valence-corrected chi connectivity index (χ3v) is 4.02. The van der Waals surface area contributed by atoms with Crippen LogP contribution in [0.5, 0.6) is 0 Å². The van der Waals surface area contributed by atoms with Crippen LogP contribution in [0.1, 0.15) is 18.1 Å². The molecule has 7 nitrogen and oxygen atoms in total. The number of hydrogen-bond donors (Lipinski definition) is 1. The second-order valence-corrected chi connectivity index (χ2v) is 6.01. The summed E-state index contributed by atoms with van der Waals surface area (Å²) in [5.74, 6) is 0. The molecule has 1 aromatic carbocycles. The van der Waals surface area contributed by atoms with Gasteiger partial charge in [-0.05, 0) is 18.1 Å². The molecule has 2 heterocycles. The van der Waals surface area contributed by atoms with Gasteiger partial charge < -0.3 is 25.0 Å². The summed E-state index contributed by atoms with van der Waals surface area (Å²) in [6.07, 6.45) is -0.865. The molecular weight excluding hydrogens is 298 g/mol. The van der Waals surface area contributed by atoms with E-state index in [1.807, 2.05) is 31.2 Å². The number of nitrogens with two attached hydrogens (primary N) is 1. The molecule has 0 aromatic heterocycles. The van der Waals surface area contributed by atoms with Gasteiger partial charge in [-0.3, -0.25) is 0 Å². The van der Waals surface area contributed by atoms with E-state index in [0.717, 1.165) is 11.1 Å². The summed E-state index contributed by atoms with van der Waals surface area (Å²) in [4.78, 5) is 26.6. The zero-order valence-corrected chi connectivity index (χ0v) is 13.1. The van der Waals surface area contributed by atoms with Gasteiger partial charge in [-0.2, -0.15) is 0 Å². The molecule has 2 saturated heterocycles. The van der Waals surface area contributed by atoms with Crippen molar-refractivity contribution in [3.8, 4) is 0 Å². The fourth-order valence-electron chi connectivity index (χ4n) is 2.82. The predicted molar refractivity (Wildman–Crippen MR) is 82.5 cm³/mol. The number of nitrogens with zero attached hydrogens (tertiary/aromatic N) is 2. The van der Waals surface area contributed by atoms with Crippen molar-refractivity contribution in [2.45, 2.75) is 32.2 Å². The lowest BCUT2D eigenvalue weighted by Crippen LogP contribution is -2.27. The molecule has 124 valence electrons. The lowest BCUT2D eigenvalue weighted by atomic mass is 10.1. The highest BCUT2D eigenvalue weighted by molar-refractivity contribution is 5.70. The van der Waals surface area contributed by atoms with Crippen LogP contribution in [-0.4, -0.2) is 53.8 Å². The third kappa shape index (κ3) is 3.56. The molecule has 0 spiro atoms. The van der Waals surface area contributed by atoms with Crippen molar-refractivity contribution in [1.82, 2.24) is 9.80 Å². The molecule has 7 heteroatoms. The van der Waals surface area contributed by atoms with Crippen molar-refractivity contribution < 1.29 is 19.1 Å². The van der Waals surface area contributed by atoms with E-state index in [2.05, 4.69) is 0 Å². The van der Waals surface area contributed by atoms with Crippen LogP contribution in [0.2, 0.25) is 0 Å². The Morgan fingerprint density at radius 3 is 1.96 bits per heavy atom. The lowest BCUT2D eigenvalue weighted by Gasteiger charge is -2.15. The van der Waals surface area contributed by atoms with E-state index in [9.17, 15) is 9.59 Å². The average molecular weight is 319 g/mol. The van der Waals surface area contributed by atoms with Gasteiger partial charge in [0.25, 0.3) is 0 Å². The van der Waals surface area contributed by atoms with Gasteiger partial charge in [0.05, 0.1) is 13.1 Å². The summed E-state index contributed by atoms with van der Waals surface area (Å²) < 4.78 is 10.2. The molecule has 2 amide bonds. The molecule has 1 aromatic rings. The van der Waals surface area contributed by atoms with E-state index in [4.69, 9.17) is 15.2 Å². The zero-order chi connectivity index (χ0) is 16.4. The first-order valence-electron chi connectivity index (χ1n) is 7.74. The molecule has 2 aliphatic rings. The Bertz CT molecular complexity index is 589. The summed E-state index contributed by atoms with van der Waals surface area (Å²) in [6, 6.07) is 7.85. The normalized spacial score (nSPS) is 24.1. The molecule has 2 aliphatic heterocycles. The van der Waals surface area contributed by atoms with Crippen molar-refractivity contribution in [3.05, 3.63) is 35.4 Å².